The Balaban J connectivity index is 2.10. The minimum atomic E-state index is 0.0717. The number of nitrogens with zero attached hydrogens (tertiary/aromatic N) is 2. The minimum absolute atomic E-state index is 0.0717. The van der Waals surface area contributed by atoms with Crippen LogP contribution in [0.4, 0.5) is 0 Å². The summed E-state index contributed by atoms with van der Waals surface area (Å²) in [6.45, 7) is 7.12. The summed E-state index contributed by atoms with van der Waals surface area (Å²) in [5.74, 6) is 0.571. The molecule has 114 valence electrons. The summed E-state index contributed by atoms with van der Waals surface area (Å²) in [5.41, 5.74) is 3.37. The average Bonchev–Trinajstić information content (AvgIpc) is 2.92. The average molecular weight is 312 g/mol. The topological polar surface area (TPSA) is 34.9 Å². The molecule has 0 radical (unpaired) electrons. The van der Waals surface area contributed by atoms with Gasteiger partial charge in [-0.2, -0.15) is 0 Å². The van der Waals surface area contributed by atoms with E-state index in [1.54, 1.807) is 10.9 Å². The molecule has 2 aromatic heterocycles. The first-order chi connectivity index (χ1) is 10.6. The van der Waals surface area contributed by atoms with E-state index in [-0.39, 0.29) is 5.56 Å². The third kappa shape index (κ3) is 2.83. The zero-order chi connectivity index (χ0) is 15.7. The van der Waals surface area contributed by atoms with Crippen molar-refractivity contribution >= 4 is 21.6 Å². The number of rotatable bonds is 4. The van der Waals surface area contributed by atoms with Crippen LogP contribution in [-0.4, -0.2) is 9.55 Å². The van der Waals surface area contributed by atoms with Crippen molar-refractivity contribution < 1.29 is 0 Å². The predicted octanol–water partition coefficient (Wildman–Crippen LogP) is 4.48. The summed E-state index contributed by atoms with van der Waals surface area (Å²) in [4.78, 5) is 18.1. The Hall–Kier alpha value is -1.94. The number of fused-ring (bicyclic) bond motifs is 1. The summed E-state index contributed by atoms with van der Waals surface area (Å²) in [5, 5.41) is 2.79. The lowest BCUT2D eigenvalue weighted by Crippen LogP contribution is -2.21. The second-order valence-electron chi connectivity index (χ2n) is 6.12. The van der Waals surface area contributed by atoms with Crippen LogP contribution >= 0.6 is 11.3 Å². The summed E-state index contributed by atoms with van der Waals surface area (Å²) in [7, 11) is 0. The number of aryl methyl sites for hydroxylation is 2. The highest BCUT2D eigenvalue weighted by atomic mass is 32.1. The lowest BCUT2D eigenvalue weighted by atomic mass is 10.0. The molecule has 0 aliphatic heterocycles. The molecule has 22 heavy (non-hydrogen) atoms. The number of benzene rings is 1. The van der Waals surface area contributed by atoms with E-state index < -0.39 is 0 Å². The van der Waals surface area contributed by atoms with Gasteiger partial charge in [-0.15, -0.1) is 11.3 Å². The smallest absolute Gasteiger partial charge is 0.262 e. The molecule has 0 aliphatic carbocycles. The van der Waals surface area contributed by atoms with E-state index in [9.17, 15) is 4.79 Å². The van der Waals surface area contributed by atoms with Crippen LogP contribution in [0.1, 0.15) is 25.8 Å². The van der Waals surface area contributed by atoms with Crippen molar-refractivity contribution in [2.24, 2.45) is 5.92 Å². The first-order valence-corrected chi connectivity index (χ1v) is 8.48. The molecule has 3 nitrogen and oxygen atoms in total. The number of thiophene rings is 1. The monoisotopic (exact) mass is 312 g/mol. The van der Waals surface area contributed by atoms with Crippen LogP contribution in [-0.2, 0) is 6.54 Å². The maximum Gasteiger partial charge on any atom is 0.262 e. The van der Waals surface area contributed by atoms with E-state index in [4.69, 9.17) is 0 Å². The molecular formula is C18H20N2OS. The van der Waals surface area contributed by atoms with Crippen molar-refractivity contribution in [1.29, 1.82) is 0 Å². The zero-order valence-corrected chi connectivity index (χ0v) is 14.0. The highest BCUT2D eigenvalue weighted by Gasteiger charge is 2.13. The largest absolute Gasteiger partial charge is 0.299 e. The molecule has 0 aliphatic rings. The Bertz CT molecular complexity index is 844. The van der Waals surface area contributed by atoms with Crippen molar-refractivity contribution in [3.63, 3.8) is 0 Å². The van der Waals surface area contributed by atoms with Crippen LogP contribution in [0.3, 0.4) is 0 Å². The van der Waals surface area contributed by atoms with Gasteiger partial charge in [-0.1, -0.05) is 43.7 Å². The van der Waals surface area contributed by atoms with Crippen LogP contribution in [0, 0.1) is 12.8 Å². The van der Waals surface area contributed by atoms with Crippen LogP contribution in [0.2, 0.25) is 0 Å². The molecule has 1 aromatic carbocycles. The SMILES string of the molecule is Cc1ccc(-c2csc3ncn(CCC(C)C)c(=O)c23)cc1. The first-order valence-electron chi connectivity index (χ1n) is 7.60. The van der Waals surface area contributed by atoms with E-state index in [1.807, 2.05) is 5.38 Å². The molecule has 4 heteroatoms. The molecule has 2 heterocycles. The number of aromatic nitrogens is 2. The number of hydrogen-bond donors (Lipinski definition) is 0. The fourth-order valence-electron chi connectivity index (χ4n) is 2.47. The molecule has 3 aromatic rings. The quantitative estimate of drug-likeness (QED) is 0.712. The van der Waals surface area contributed by atoms with Gasteiger partial charge in [-0.05, 0) is 24.8 Å². The fourth-order valence-corrected chi connectivity index (χ4v) is 3.38. The van der Waals surface area contributed by atoms with Gasteiger partial charge in [0.1, 0.15) is 4.83 Å². The Morgan fingerprint density at radius 3 is 2.64 bits per heavy atom. The Labute approximate surface area is 134 Å². The molecule has 0 saturated carbocycles. The summed E-state index contributed by atoms with van der Waals surface area (Å²) >= 11 is 1.54. The Kier molecular flexibility index (Phi) is 4.12. The van der Waals surface area contributed by atoms with E-state index >= 15 is 0 Å². The van der Waals surface area contributed by atoms with E-state index in [0.717, 1.165) is 34.3 Å². The van der Waals surface area contributed by atoms with Gasteiger partial charge in [-0.3, -0.25) is 9.36 Å². The third-order valence-electron chi connectivity index (χ3n) is 3.87. The third-order valence-corrected chi connectivity index (χ3v) is 4.76. The molecule has 0 saturated heterocycles. The van der Waals surface area contributed by atoms with Gasteiger partial charge in [0.15, 0.2) is 0 Å². The minimum Gasteiger partial charge on any atom is -0.299 e. The molecule has 3 rings (SSSR count). The lowest BCUT2D eigenvalue weighted by Gasteiger charge is -2.08. The van der Waals surface area contributed by atoms with E-state index in [0.29, 0.717) is 5.92 Å². The van der Waals surface area contributed by atoms with Gasteiger partial charge in [0, 0.05) is 17.5 Å². The van der Waals surface area contributed by atoms with Gasteiger partial charge in [0.05, 0.1) is 11.7 Å². The second kappa shape index (κ2) is 6.05. The summed E-state index contributed by atoms with van der Waals surface area (Å²) in [6.07, 6.45) is 2.67. The van der Waals surface area contributed by atoms with Crippen LogP contribution in [0.15, 0.2) is 40.8 Å². The van der Waals surface area contributed by atoms with Gasteiger partial charge in [0.2, 0.25) is 0 Å². The maximum absolute atomic E-state index is 12.8. The zero-order valence-electron chi connectivity index (χ0n) is 13.2. The van der Waals surface area contributed by atoms with E-state index in [1.165, 1.54) is 16.9 Å². The van der Waals surface area contributed by atoms with Gasteiger partial charge >= 0.3 is 0 Å². The second-order valence-corrected chi connectivity index (χ2v) is 6.98. The molecule has 0 fully saturated rings. The van der Waals surface area contributed by atoms with Crippen molar-refractivity contribution in [1.82, 2.24) is 9.55 Å². The van der Waals surface area contributed by atoms with E-state index in [2.05, 4.69) is 50.0 Å². The summed E-state index contributed by atoms with van der Waals surface area (Å²) in [6, 6.07) is 8.29. The molecular weight excluding hydrogens is 292 g/mol. The standard InChI is InChI=1S/C18H20N2OS/c1-12(2)8-9-20-11-19-17-16(18(20)21)15(10-22-17)14-6-4-13(3)5-7-14/h4-7,10-12H,8-9H2,1-3H3. The van der Waals surface area contributed by atoms with Crippen molar-refractivity contribution in [3.8, 4) is 11.1 Å². The fraction of sp³-hybridized carbons (Fsp3) is 0.333. The van der Waals surface area contributed by atoms with Gasteiger partial charge < -0.3 is 0 Å². The van der Waals surface area contributed by atoms with Crippen LogP contribution in [0.25, 0.3) is 21.3 Å². The summed E-state index contributed by atoms with van der Waals surface area (Å²) < 4.78 is 1.74. The Morgan fingerprint density at radius 2 is 1.95 bits per heavy atom. The van der Waals surface area contributed by atoms with Crippen molar-refractivity contribution in [3.05, 3.63) is 51.9 Å². The lowest BCUT2D eigenvalue weighted by molar-refractivity contribution is 0.506. The maximum atomic E-state index is 12.8. The van der Waals surface area contributed by atoms with Crippen molar-refractivity contribution in [2.45, 2.75) is 33.7 Å². The Morgan fingerprint density at radius 1 is 1.23 bits per heavy atom. The molecule has 0 atom stereocenters. The highest BCUT2D eigenvalue weighted by Crippen LogP contribution is 2.30. The highest BCUT2D eigenvalue weighted by molar-refractivity contribution is 7.17. The first kappa shape index (κ1) is 15.0. The predicted molar refractivity (Wildman–Crippen MR) is 93.5 cm³/mol. The molecule has 0 amide bonds. The normalized spacial score (nSPS) is 11.5. The number of hydrogen-bond acceptors (Lipinski definition) is 3. The molecule has 0 N–H and O–H groups in total. The van der Waals surface area contributed by atoms with Gasteiger partial charge in [-0.25, -0.2) is 4.98 Å². The molecule has 0 unspecified atom stereocenters. The van der Waals surface area contributed by atoms with Crippen molar-refractivity contribution in [2.75, 3.05) is 0 Å². The van der Waals surface area contributed by atoms with Gasteiger partial charge in [0.25, 0.3) is 5.56 Å². The molecule has 0 spiro atoms. The van der Waals surface area contributed by atoms with Crippen LogP contribution < -0.4 is 5.56 Å². The van der Waals surface area contributed by atoms with Crippen LogP contribution in [0.5, 0.6) is 0 Å². The molecule has 0 bridgehead atoms.